The Morgan fingerprint density at radius 1 is 0.973 bits per heavy atom. The standard InChI is InChI=1S/C26H21Cl2N3O6/c1-30-21-10-7-15(13-32)11-17(21)24(34)31(26(30)37)16-8-5-14(6-9-16)12-20(25(35)36)29-23(33)22-18(27)3-2-4-19(22)28/h2-11,20,32H,12-13H2,1H3,(H,29,33)(H,35,36)/t20-/m0/s1. The van der Waals surface area contributed by atoms with Crippen molar-refractivity contribution in [1.82, 2.24) is 14.5 Å². The van der Waals surface area contributed by atoms with Crippen LogP contribution in [-0.2, 0) is 24.9 Å². The van der Waals surface area contributed by atoms with Crippen molar-refractivity contribution in [3.63, 3.8) is 0 Å². The molecule has 0 saturated heterocycles. The first-order valence-electron chi connectivity index (χ1n) is 11.0. The largest absolute Gasteiger partial charge is 0.480 e. The van der Waals surface area contributed by atoms with E-state index >= 15 is 0 Å². The van der Waals surface area contributed by atoms with Crippen LogP contribution in [0.5, 0.6) is 0 Å². The highest BCUT2D eigenvalue weighted by Crippen LogP contribution is 2.24. The van der Waals surface area contributed by atoms with Gasteiger partial charge in [0.2, 0.25) is 0 Å². The number of hydrogen-bond donors (Lipinski definition) is 3. The van der Waals surface area contributed by atoms with Gasteiger partial charge in [-0.2, -0.15) is 0 Å². The van der Waals surface area contributed by atoms with Gasteiger partial charge in [0.25, 0.3) is 11.5 Å². The predicted octanol–water partition coefficient (Wildman–Crippen LogP) is 2.91. The minimum Gasteiger partial charge on any atom is -0.480 e. The summed E-state index contributed by atoms with van der Waals surface area (Å²) in [4.78, 5) is 50.6. The van der Waals surface area contributed by atoms with E-state index in [1.54, 1.807) is 37.4 Å². The molecule has 0 aliphatic rings. The molecule has 1 heterocycles. The normalized spacial score (nSPS) is 11.9. The number of nitrogens with one attached hydrogen (secondary N) is 1. The van der Waals surface area contributed by atoms with Gasteiger partial charge in [-0.1, -0.05) is 47.5 Å². The van der Waals surface area contributed by atoms with Crippen LogP contribution in [-0.4, -0.2) is 37.3 Å². The Bertz CT molecular complexity index is 1620. The van der Waals surface area contributed by atoms with Gasteiger partial charge in [-0.25, -0.2) is 14.2 Å². The highest BCUT2D eigenvalue weighted by atomic mass is 35.5. The third-order valence-electron chi connectivity index (χ3n) is 5.94. The molecule has 4 rings (SSSR count). The van der Waals surface area contributed by atoms with E-state index in [9.17, 15) is 29.4 Å². The van der Waals surface area contributed by atoms with Gasteiger partial charge in [-0.05, 0) is 47.5 Å². The van der Waals surface area contributed by atoms with E-state index in [0.29, 0.717) is 16.6 Å². The lowest BCUT2D eigenvalue weighted by Gasteiger charge is -2.16. The molecule has 0 spiro atoms. The van der Waals surface area contributed by atoms with Gasteiger partial charge < -0.3 is 15.5 Å². The van der Waals surface area contributed by atoms with Crippen LogP contribution in [0.4, 0.5) is 0 Å². The van der Waals surface area contributed by atoms with Crippen molar-refractivity contribution < 1.29 is 19.8 Å². The first kappa shape index (κ1) is 26.2. The minimum atomic E-state index is -1.29. The van der Waals surface area contributed by atoms with E-state index < -0.39 is 29.2 Å². The third kappa shape index (κ3) is 5.15. The molecule has 4 aromatic rings. The first-order chi connectivity index (χ1) is 17.6. The zero-order chi connectivity index (χ0) is 26.9. The number of nitrogens with zero attached hydrogens (tertiary/aromatic N) is 2. The quantitative estimate of drug-likeness (QED) is 0.329. The fourth-order valence-corrected chi connectivity index (χ4v) is 4.56. The average Bonchev–Trinajstić information content (AvgIpc) is 2.87. The number of aryl methyl sites for hydroxylation is 1. The van der Waals surface area contributed by atoms with E-state index in [0.717, 1.165) is 4.57 Å². The fraction of sp³-hybridized carbons (Fsp3) is 0.154. The Labute approximate surface area is 220 Å². The number of carbonyl (C=O) groups is 2. The van der Waals surface area contributed by atoms with Crippen LogP contribution in [0.15, 0.2) is 70.3 Å². The number of fused-ring (bicyclic) bond motifs is 1. The molecule has 0 bridgehead atoms. The summed E-state index contributed by atoms with van der Waals surface area (Å²) in [6.45, 7) is -0.253. The Morgan fingerprint density at radius 3 is 2.19 bits per heavy atom. The number of carboxylic acid groups (broad SMARTS) is 1. The molecule has 37 heavy (non-hydrogen) atoms. The number of carboxylic acids is 1. The zero-order valence-corrected chi connectivity index (χ0v) is 21.0. The maximum Gasteiger partial charge on any atom is 0.335 e. The summed E-state index contributed by atoms with van der Waals surface area (Å²) in [6.07, 6.45) is -0.0755. The van der Waals surface area contributed by atoms with E-state index in [1.165, 1.54) is 34.9 Å². The van der Waals surface area contributed by atoms with E-state index in [1.807, 2.05) is 0 Å². The summed E-state index contributed by atoms with van der Waals surface area (Å²) in [7, 11) is 1.54. The van der Waals surface area contributed by atoms with Crippen molar-refractivity contribution in [2.24, 2.45) is 7.05 Å². The van der Waals surface area contributed by atoms with Crippen LogP contribution >= 0.6 is 23.2 Å². The molecule has 11 heteroatoms. The summed E-state index contributed by atoms with van der Waals surface area (Å²) in [5.41, 5.74) is 0.647. The van der Waals surface area contributed by atoms with Crippen LogP contribution in [0.25, 0.3) is 16.6 Å². The first-order valence-corrected chi connectivity index (χ1v) is 11.8. The molecule has 3 aromatic carbocycles. The molecule has 3 N–H and O–H groups in total. The number of amides is 1. The van der Waals surface area contributed by atoms with Crippen molar-refractivity contribution in [2.45, 2.75) is 19.1 Å². The zero-order valence-electron chi connectivity index (χ0n) is 19.4. The highest BCUT2D eigenvalue weighted by Gasteiger charge is 2.24. The van der Waals surface area contributed by atoms with Gasteiger partial charge in [-0.15, -0.1) is 0 Å². The lowest BCUT2D eigenvalue weighted by atomic mass is 10.0. The molecule has 1 atom stereocenters. The third-order valence-corrected chi connectivity index (χ3v) is 6.57. The summed E-state index contributed by atoms with van der Waals surface area (Å²) in [5, 5.41) is 22.0. The number of aliphatic hydroxyl groups excluding tert-OH is 1. The molecule has 1 amide bonds. The van der Waals surface area contributed by atoms with Gasteiger partial charge in [0.1, 0.15) is 6.04 Å². The summed E-state index contributed by atoms with van der Waals surface area (Å²) in [6, 6.07) is 14.2. The molecule has 1 aromatic heterocycles. The number of aliphatic hydroxyl groups is 1. The molecular formula is C26H21Cl2N3O6. The smallest absolute Gasteiger partial charge is 0.335 e. The SMILES string of the molecule is Cn1c(=O)n(-c2ccc(C[C@H](NC(=O)c3c(Cl)cccc3Cl)C(=O)O)cc2)c(=O)c2cc(CO)ccc21. The van der Waals surface area contributed by atoms with Crippen molar-refractivity contribution in [1.29, 1.82) is 0 Å². The summed E-state index contributed by atoms with van der Waals surface area (Å²) < 4.78 is 2.34. The lowest BCUT2D eigenvalue weighted by molar-refractivity contribution is -0.139. The second kappa shape index (κ2) is 10.6. The second-order valence-electron chi connectivity index (χ2n) is 8.32. The van der Waals surface area contributed by atoms with Gasteiger partial charge in [-0.3, -0.25) is 14.2 Å². The van der Waals surface area contributed by atoms with Crippen molar-refractivity contribution in [3.05, 3.63) is 108 Å². The molecular weight excluding hydrogens is 521 g/mol. The predicted molar refractivity (Wildman–Crippen MR) is 140 cm³/mol. The Balaban J connectivity index is 1.63. The number of rotatable bonds is 7. The van der Waals surface area contributed by atoms with Crippen LogP contribution < -0.4 is 16.6 Å². The molecule has 190 valence electrons. The molecule has 0 aliphatic carbocycles. The fourth-order valence-electron chi connectivity index (χ4n) is 4.00. The van der Waals surface area contributed by atoms with Gasteiger partial charge in [0.05, 0.1) is 38.8 Å². The molecule has 0 saturated carbocycles. The van der Waals surface area contributed by atoms with E-state index in [-0.39, 0.29) is 39.7 Å². The molecule has 0 fully saturated rings. The van der Waals surface area contributed by atoms with E-state index in [4.69, 9.17) is 23.2 Å². The van der Waals surface area contributed by atoms with Gasteiger partial charge >= 0.3 is 11.7 Å². The van der Waals surface area contributed by atoms with E-state index in [2.05, 4.69) is 5.32 Å². The number of halogens is 2. The van der Waals surface area contributed by atoms with Gasteiger partial charge in [0.15, 0.2) is 0 Å². The van der Waals surface area contributed by atoms with Crippen LogP contribution in [0, 0.1) is 0 Å². The lowest BCUT2D eigenvalue weighted by Crippen LogP contribution is -2.42. The average molecular weight is 542 g/mol. The Morgan fingerprint density at radius 2 is 1.59 bits per heavy atom. The highest BCUT2D eigenvalue weighted by molar-refractivity contribution is 6.39. The number of aromatic nitrogens is 2. The maximum atomic E-state index is 13.2. The Kier molecular flexibility index (Phi) is 7.49. The van der Waals surface area contributed by atoms with Crippen LogP contribution in [0.2, 0.25) is 10.0 Å². The number of carbonyl (C=O) groups excluding carboxylic acids is 1. The molecule has 0 radical (unpaired) electrons. The number of benzene rings is 3. The monoisotopic (exact) mass is 541 g/mol. The topological polar surface area (TPSA) is 131 Å². The van der Waals surface area contributed by atoms with Crippen LogP contribution in [0.1, 0.15) is 21.5 Å². The second-order valence-corrected chi connectivity index (χ2v) is 9.14. The maximum absolute atomic E-state index is 13.2. The summed E-state index contributed by atoms with van der Waals surface area (Å²) in [5.74, 6) is -1.99. The molecule has 9 nitrogen and oxygen atoms in total. The van der Waals surface area contributed by atoms with Crippen molar-refractivity contribution in [2.75, 3.05) is 0 Å². The van der Waals surface area contributed by atoms with Crippen molar-refractivity contribution >= 4 is 46.0 Å². The number of aliphatic carboxylic acids is 1. The van der Waals surface area contributed by atoms with Gasteiger partial charge in [0, 0.05) is 13.5 Å². The molecule has 0 unspecified atom stereocenters. The summed E-state index contributed by atoms with van der Waals surface area (Å²) >= 11 is 12.1. The Hall–Kier alpha value is -3.92. The van der Waals surface area contributed by atoms with Crippen LogP contribution in [0.3, 0.4) is 0 Å². The number of hydrogen-bond acceptors (Lipinski definition) is 5. The molecule has 0 aliphatic heterocycles. The van der Waals surface area contributed by atoms with Crippen molar-refractivity contribution in [3.8, 4) is 5.69 Å². The minimum absolute atomic E-state index is 0.0247.